The maximum atomic E-state index is 6.20. The molecule has 0 radical (unpaired) electrons. The molecule has 2 aromatic rings. The Kier molecular flexibility index (Phi) is 3.60. The number of nitrogens with zero attached hydrogens (tertiary/aromatic N) is 1. The van der Waals surface area contributed by atoms with Crippen LogP contribution in [0.5, 0.6) is 0 Å². The quantitative estimate of drug-likeness (QED) is 0.683. The van der Waals surface area contributed by atoms with Gasteiger partial charge in [0.05, 0.1) is 5.69 Å². The molecule has 2 rings (SSSR count). The van der Waals surface area contributed by atoms with Crippen molar-refractivity contribution in [2.45, 2.75) is 13.8 Å². The molecule has 0 fully saturated rings. The van der Waals surface area contributed by atoms with Crippen molar-refractivity contribution in [3.05, 3.63) is 65.2 Å². The van der Waals surface area contributed by atoms with Gasteiger partial charge in [-0.25, -0.2) is 4.99 Å². The topological polar surface area (TPSA) is 12.4 Å². The van der Waals surface area contributed by atoms with Gasteiger partial charge < -0.3 is 0 Å². The van der Waals surface area contributed by atoms with E-state index < -0.39 is 0 Å². The van der Waals surface area contributed by atoms with Crippen LogP contribution in [-0.4, -0.2) is 5.17 Å². The smallest absolute Gasteiger partial charge is 0.136 e. The average Bonchev–Trinajstić information content (AvgIpc) is 2.34. The molecular formula is C15H14ClN. The Morgan fingerprint density at radius 2 is 1.71 bits per heavy atom. The fourth-order valence-electron chi connectivity index (χ4n) is 1.68. The molecule has 0 aliphatic rings. The van der Waals surface area contributed by atoms with E-state index >= 15 is 0 Å². The maximum Gasteiger partial charge on any atom is 0.136 e. The lowest BCUT2D eigenvalue weighted by molar-refractivity contribution is 1.35. The molecule has 0 aliphatic carbocycles. The first-order chi connectivity index (χ1) is 8.16. The van der Waals surface area contributed by atoms with Gasteiger partial charge in [-0.15, -0.1) is 0 Å². The molecule has 0 heterocycles. The van der Waals surface area contributed by atoms with Gasteiger partial charge in [-0.05, 0) is 25.5 Å². The van der Waals surface area contributed by atoms with Crippen LogP contribution in [0.3, 0.4) is 0 Å². The van der Waals surface area contributed by atoms with Crippen molar-refractivity contribution in [2.75, 3.05) is 0 Å². The van der Waals surface area contributed by atoms with Crippen LogP contribution in [0.1, 0.15) is 16.7 Å². The SMILES string of the molecule is Cc1ccc(N=C(Cl)c2ccccc2)c(C)c1. The van der Waals surface area contributed by atoms with Gasteiger partial charge in [-0.1, -0.05) is 59.6 Å². The number of rotatable bonds is 2. The normalized spacial score (nSPS) is 11.6. The molecule has 0 saturated carbocycles. The average molecular weight is 244 g/mol. The van der Waals surface area contributed by atoms with Gasteiger partial charge in [-0.2, -0.15) is 0 Å². The summed E-state index contributed by atoms with van der Waals surface area (Å²) >= 11 is 6.20. The molecule has 0 bridgehead atoms. The zero-order valence-electron chi connectivity index (χ0n) is 9.94. The van der Waals surface area contributed by atoms with Crippen LogP contribution in [0, 0.1) is 13.8 Å². The third kappa shape index (κ3) is 2.95. The summed E-state index contributed by atoms with van der Waals surface area (Å²) in [5, 5.41) is 0.526. The highest BCUT2D eigenvalue weighted by molar-refractivity contribution is 6.69. The van der Waals surface area contributed by atoms with Crippen molar-refractivity contribution < 1.29 is 0 Å². The monoisotopic (exact) mass is 243 g/mol. The number of benzene rings is 2. The Morgan fingerprint density at radius 3 is 2.35 bits per heavy atom. The second-order valence-corrected chi connectivity index (χ2v) is 4.42. The van der Waals surface area contributed by atoms with E-state index in [1.54, 1.807) is 0 Å². The molecular weight excluding hydrogens is 230 g/mol. The zero-order chi connectivity index (χ0) is 12.3. The third-order valence-corrected chi connectivity index (χ3v) is 2.89. The van der Waals surface area contributed by atoms with Crippen LogP contribution >= 0.6 is 11.6 Å². The van der Waals surface area contributed by atoms with E-state index in [2.05, 4.69) is 18.0 Å². The summed E-state index contributed by atoms with van der Waals surface area (Å²) in [5.74, 6) is 0. The minimum absolute atomic E-state index is 0.526. The van der Waals surface area contributed by atoms with E-state index in [1.807, 2.05) is 49.4 Å². The van der Waals surface area contributed by atoms with Gasteiger partial charge in [0.1, 0.15) is 5.17 Å². The fraction of sp³-hybridized carbons (Fsp3) is 0.133. The predicted octanol–water partition coefficient (Wildman–Crippen LogP) is 4.62. The summed E-state index contributed by atoms with van der Waals surface area (Å²) in [6.45, 7) is 4.11. The second kappa shape index (κ2) is 5.15. The summed E-state index contributed by atoms with van der Waals surface area (Å²) < 4.78 is 0. The Bertz CT molecular complexity index is 544. The molecule has 2 aromatic carbocycles. The van der Waals surface area contributed by atoms with Crippen LogP contribution in [0.25, 0.3) is 0 Å². The molecule has 0 saturated heterocycles. The molecule has 86 valence electrons. The largest absolute Gasteiger partial charge is 0.236 e. The summed E-state index contributed by atoms with van der Waals surface area (Å²) in [4.78, 5) is 4.45. The Balaban J connectivity index is 2.36. The first kappa shape index (κ1) is 11.9. The molecule has 0 aromatic heterocycles. The Hall–Kier alpha value is -1.60. The highest BCUT2D eigenvalue weighted by Gasteiger charge is 2.01. The van der Waals surface area contributed by atoms with Crippen LogP contribution in [0.4, 0.5) is 5.69 Å². The predicted molar refractivity (Wildman–Crippen MR) is 74.4 cm³/mol. The van der Waals surface area contributed by atoms with Crippen molar-refractivity contribution >= 4 is 22.5 Å². The number of aliphatic imine (C=N–C) groups is 1. The van der Waals surface area contributed by atoms with Crippen molar-refractivity contribution in [1.29, 1.82) is 0 Å². The fourth-order valence-corrected chi connectivity index (χ4v) is 1.89. The lowest BCUT2D eigenvalue weighted by atomic mass is 10.1. The van der Waals surface area contributed by atoms with Crippen molar-refractivity contribution in [3.63, 3.8) is 0 Å². The summed E-state index contributed by atoms with van der Waals surface area (Å²) in [7, 11) is 0. The summed E-state index contributed by atoms with van der Waals surface area (Å²) in [5.41, 5.74) is 4.23. The van der Waals surface area contributed by atoms with Gasteiger partial charge in [0.2, 0.25) is 0 Å². The molecule has 0 aliphatic heterocycles. The highest BCUT2D eigenvalue weighted by Crippen LogP contribution is 2.21. The molecule has 0 atom stereocenters. The number of halogens is 1. The Morgan fingerprint density at radius 1 is 1.00 bits per heavy atom. The minimum atomic E-state index is 0.526. The van der Waals surface area contributed by atoms with E-state index in [4.69, 9.17) is 11.6 Å². The lowest BCUT2D eigenvalue weighted by Crippen LogP contribution is -1.90. The first-order valence-corrected chi connectivity index (χ1v) is 5.91. The maximum absolute atomic E-state index is 6.20. The first-order valence-electron chi connectivity index (χ1n) is 5.53. The minimum Gasteiger partial charge on any atom is -0.236 e. The molecule has 1 nitrogen and oxygen atoms in total. The van der Waals surface area contributed by atoms with Gasteiger partial charge in [-0.3, -0.25) is 0 Å². The third-order valence-electron chi connectivity index (χ3n) is 2.58. The van der Waals surface area contributed by atoms with Crippen LogP contribution < -0.4 is 0 Å². The van der Waals surface area contributed by atoms with Crippen molar-refractivity contribution in [2.24, 2.45) is 4.99 Å². The molecule has 0 N–H and O–H groups in total. The van der Waals surface area contributed by atoms with Gasteiger partial charge in [0.25, 0.3) is 0 Å². The molecule has 0 unspecified atom stereocenters. The van der Waals surface area contributed by atoms with E-state index in [1.165, 1.54) is 5.56 Å². The van der Waals surface area contributed by atoms with Crippen LogP contribution in [0.2, 0.25) is 0 Å². The number of aryl methyl sites for hydroxylation is 2. The zero-order valence-corrected chi connectivity index (χ0v) is 10.7. The lowest BCUT2D eigenvalue weighted by Gasteiger charge is -2.03. The van der Waals surface area contributed by atoms with E-state index in [-0.39, 0.29) is 0 Å². The summed E-state index contributed by atoms with van der Waals surface area (Å²) in [6, 6.07) is 15.9. The molecule has 2 heteroatoms. The Labute approximate surface area is 107 Å². The molecule has 17 heavy (non-hydrogen) atoms. The van der Waals surface area contributed by atoms with Crippen molar-refractivity contribution in [3.8, 4) is 0 Å². The number of hydrogen-bond donors (Lipinski definition) is 0. The summed E-state index contributed by atoms with van der Waals surface area (Å²) in [6.07, 6.45) is 0. The standard InChI is InChI=1S/C15H14ClN/c1-11-8-9-14(12(2)10-11)17-15(16)13-6-4-3-5-7-13/h3-10H,1-2H3. The molecule has 0 amide bonds. The van der Waals surface area contributed by atoms with Gasteiger partial charge >= 0.3 is 0 Å². The second-order valence-electron chi connectivity index (χ2n) is 4.06. The van der Waals surface area contributed by atoms with E-state index in [0.717, 1.165) is 16.8 Å². The number of hydrogen-bond acceptors (Lipinski definition) is 1. The van der Waals surface area contributed by atoms with E-state index in [9.17, 15) is 0 Å². The van der Waals surface area contributed by atoms with Gasteiger partial charge in [0.15, 0.2) is 0 Å². The van der Waals surface area contributed by atoms with Gasteiger partial charge in [0, 0.05) is 5.56 Å². The molecule has 0 spiro atoms. The van der Waals surface area contributed by atoms with Crippen LogP contribution in [0.15, 0.2) is 53.5 Å². The van der Waals surface area contributed by atoms with Crippen LogP contribution in [-0.2, 0) is 0 Å². The van der Waals surface area contributed by atoms with Crippen molar-refractivity contribution in [1.82, 2.24) is 0 Å². The van der Waals surface area contributed by atoms with E-state index in [0.29, 0.717) is 5.17 Å². The highest BCUT2D eigenvalue weighted by atomic mass is 35.5.